The van der Waals surface area contributed by atoms with Crippen LogP contribution in [-0.2, 0) is 6.54 Å². The number of urea groups is 1. The van der Waals surface area contributed by atoms with Crippen LogP contribution >= 0.6 is 22.7 Å². The summed E-state index contributed by atoms with van der Waals surface area (Å²) in [6.07, 6.45) is -4.76. The van der Waals surface area contributed by atoms with Crippen molar-refractivity contribution in [3.8, 4) is 5.75 Å². The molecule has 3 rings (SSSR count). The zero-order valence-corrected chi connectivity index (χ0v) is 17.3. The van der Waals surface area contributed by atoms with Crippen LogP contribution in [0.4, 0.5) is 23.1 Å². The molecule has 0 aliphatic rings. The normalized spacial score (nSPS) is 11.8. The van der Waals surface area contributed by atoms with E-state index in [0.29, 0.717) is 35.0 Å². The van der Waals surface area contributed by atoms with Gasteiger partial charge in [0, 0.05) is 24.0 Å². The van der Waals surface area contributed by atoms with Crippen LogP contribution in [0.15, 0.2) is 35.7 Å². The number of nitrogens with zero attached hydrogens (tertiary/aromatic N) is 3. The molecular weight excluding hydrogens is 425 g/mol. The summed E-state index contributed by atoms with van der Waals surface area (Å²) in [5, 5.41) is 5.21. The fourth-order valence-corrected chi connectivity index (χ4v) is 4.12. The summed E-state index contributed by atoms with van der Waals surface area (Å²) < 4.78 is 41.8. The van der Waals surface area contributed by atoms with Crippen molar-refractivity contribution in [2.24, 2.45) is 0 Å². The van der Waals surface area contributed by atoms with Gasteiger partial charge in [-0.05, 0) is 37.7 Å². The molecule has 2 amide bonds. The molecule has 0 aliphatic heterocycles. The summed E-state index contributed by atoms with van der Waals surface area (Å²) in [6, 6.07) is 7.45. The Bertz CT molecular complexity index is 958. The number of thiophene rings is 1. The highest BCUT2D eigenvalue weighted by molar-refractivity contribution is 7.22. The molecule has 2 heterocycles. The number of amides is 2. The molecule has 3 aromatic rings. The van der Waals surface area contributed by atoms with Gasteiger partial charge in [0.1, 0.15) is 5.75 Å². The first kappa shape index (κ1) is 21.3. The molecule has 0 aliphatic carbocycles. The van der Waals surface area contributed by atoms with E-state index in [2.05, 4.69) is 15.0 Å². The molecule has 1 aromatic carbocycles. The number of benzene rings is 1. The molecule has 0 atom stereocenters. The minimum absolute atomic E-state index is 0.314. The zero-order chi connectivity index (χ0) is 21.0. The van der Waals surface area contributed by atoms with Gasteiger partial charge in [-0.15, -0.1) is 24.5 Å². The third-order valence-electron chi connectivity index (χ3n) is 3.82. The molecule has 1 N–H and O–H groups in total. The first-order chi connectivity index (χ1) is 13.7. The number of thiazole rings is 1. The van der Waals surface area contributed by atoms with Gasteiger partial charge in [-0.3, -0.25) is 4.90 Å². The largest absolute Gasteiger partial charge is 0.573 e. The predicted molar refractivity (Wildman–Crippen MR) is 109 cm³/mol. The highest BCUT2D eigenvalue weighted by Gasteiger charge is 2.31. The van der Waals surface area contributed by atoms with Gasteiger partial charge in [0.05, 0.1) is 16.8 Å². The van der Waals surface area contributed by atoms with Gasteiger partial charge in [0.2, 0.25) is 0 Å². The lowest BCUT2D eigenvalue weighted by Gasteiger charge is -2.22. The van der Waals surface area contributed by atoms with E-state index in [1.54, 1.807) is 11.3 Å². The topological polar surface area (TPSA) is 57.7 Å². The summed E-state index contributed by atoms with van der Waals surface area (Å²) in [6.45, 7) is 1.38. The van der Waals surface area contributed by atoms with Crippen LogP contribution < -0.4 is 15.0 Å². The number of nitrogens with one attached hydrogen (secondary N) is 1. The maximum atomic E-state index is 12.8. The number of anilines is 1. The van der Waals surface area contributed by atoms with E-state index in [4.69, 9.17) is 0 Å². The highest BCUT2D eigenvalue weighted by Crippen LogP contribution is 2.33. The van der Waals surface area contributed by atoms with Crippen LogP contribution in [-0.4, -0.2) is 49.5 Å². The number of hydrogen-bond acceptors (Lipinski definition) is 6. The number of fused-ring (bicyclic) bond motifs is 1. The van der Waals surface area contributed by atoms with Gasteiger partial charge in [0.15, 0.2) is 5.13 Å². The molecule has 0 saturated carbocycles. The number of carbonyl (C=O) groups is 1. The van der Waals surface area contributed by atoms with E-state index < -0.39 is 6.36 Å². The third kappa shape index (κ3) is 6.05. The fourth-order valence-electron chi connectivity index (χ4n) is 2.46. The number of hydrogen-bond donors (Lipinski definition) is 1. The van der Waals surface area contributed by atoms with Crippen molar-refractivity contribution in [3.05, 3.63) is 40.6 Å². The molecular formula is C18H19F3N4O2S2. The van der Waals surface area contributed by atoms with Gasteiger partial charge >= 0.3 is 12.4 Å². The molecule has 2 aromatic heterocycles. The second-order valence-corrected chi connectivity index (χ2v) is 8.41. The van der Waals surface area contributed by atoms with E-state index in [-0.39, 0.29) is 11.8 Å². The van der Waals surface area contributed by atoms with E-state index in [1.807, 2.05) is 36.5 Å². The predicted octanol–water partition coefficient (Wildman–Crippen LogP) is 4.53. The van der Waals surface area contributed by atoms with Crippen LogP contribution in [0.25, 0.3) is 10.2 Å². The Balaban J connectivity index is 1.81. The van der Waals surface area contributed by atoms with Gasteiger partial charge in [-0.25, -0.2) is 9.78 Å². The van der Waals surface area contributed by atoms with E-state index in [9.17, 15) is 18.0 Å². The summed E-state index contributed by atoms with van der Waals surface area (Å²) in [5.74, 6) is -0.317. The summed E-state index contributed by atoms with van der Waals surface area (Å²) in [7, 11) is 3.78. The van der Waals surface area contributed by atoms with Crippen LogP contribution in [0.1, 0.15) is 4.88 Å². The minimum atomic E-state index is -4.76. The molecule has 156 valence electrons. The molecule has 0 radical (unpaired) electrons. The van der Waals surface area contributed by atoms with Crippen molar-refractivity contribution in [3.63, 3.8) is 0 Å². The minimum Gasteiger partial charge on any atom is -0.406 e. The number of carbonyl (C=O) groups excluding carboxylic acids is 1. The fraction of sp³-hybridized carbons (Fsp3) is 0.333. The van der Waals surface area contributed by atoms with Crippen molar-refractivity contribution in [2.45, 2.75) is 12.9 Å². The Kier molecular flexibility index (Phi) is 6.60. The average molecular weight is 445 g/mol. The molecule has 0 saturated heterocycles. The maximum absolute atomic E-state index is 12.8. The smallest absolute Gasteiger partial charge is 0.406 e. The molecule has 11 heteroatoms. The number of halogens is 3. The molecule has 29 heavy (non-hydrogen) atoms. The first-order valence-electron chi connectivity index (χ1n) is 8.60. The van der Waals surface area contributed by atoms with Crippen LogP contribution in [0.2, 0.25) is 0 Å². The standard InChI is InChI=1S/C18H19F3N4O2S2/c1-24(2)7-8-25(16(26)22-11-13-4-3-9-28-13)17-23-14-6-5-12(10-15(14)29-17)27-18(19,20)21/h3-6,9-10H,7-8,11H2,1-2H3,(H,22,26). The lowest BCUT2D eigenvalue weighted by Crippen LogP contribution is -2.43. The van der Waals surface area contributed by atoms with Crippen LogP contribution in [0.3, 0.4) is 0 Å². The quantitative estimate of drug-likeness (QED) is 0.582. The van der Waals surface area contributed by atoms with Gasteiger partial charge < -0.3 is 15.0 Å². The van der Waals surface area contributed by atoms with E-state index in [0.717, 1.165) is 16.2 Å². The Labute approximate surface area is 173 Å². The molecule has 0 spiro atoms. The second kappa shape index (κ2) is 8.97. The van der Waals surface area contributed by atoms with Gasteiger partial charge in [-0.1, -0.05) is 17.4 Å². The monoisotopic (exact) mass is 444 g/mol. The molecule has 0 fully saturated rings. The average Bonchev–Trinajstić information content (AvgIpc) is 3.27. The van der Waals surface area contributed by atoms with Crippen molar-refractivity contribution < 1.29 is 22.7 Å². The van der Waals surface area contributed by atoms with Crippen LogP contribution in [0, 0.1) is 0 Å². The number of likely N-dealkylation sites (N-methyl/N-ethyl adjacent to an activating group) is 1. The summed E-state index contributed by atoms with van der Waals surface area (Å²) in [4.78, 5) is 21.7. The van der Waals surface area contributed by atoms with Crippen molar-refractivity contribution in [1.82, 2.24) is 15.2 Å². The highest BCUT2D eigenvalue weighted by atomic mass is 32.1. The Morgan fingerprint density at radius 1 is 1.24 bits per heavy atom. The van der Waals surface area contributed by atoms with Gasteiger partial charge in [0.25, 0.3) is 0 Å². The van der Waals surface area contributed by atoms with Crippen LogP contribution in [0.5, 0.6) is 5.75 Å². The van der Waals surface area contributed by atoms with E-state index >= 15 is 0 Å². The summed E-state index contributed by atoms with van der Waals surface area (Å²) >= 11 is 2.68. The molecule has 0 bridgehead atoms. The molecule has 0 unspecified atom stereocenters. The van der Waals surface area contributed by atoms with Crippen molar-refractivity contribution >= 4 is 44.1 Å². The van der Waals surface area contributed by atoms with Crippen molar-refractivity contribution in [2.75, 3.05) is 32.1 Å². The van der Waals surface area contributed by atoms with Crippen molar-refractivity contribution in [1.29, 1.82) is 0 Å². The lowest BCUT2D eigenvalue weighted by molar-refractivity contribution is -0.274. The number of aromatic nitrogens is 1. The maximum Gasteiger partial charge on any atom is 0.573 e. The summed E-state index contributed by atoms with van der Waals surface area (Å²) in [5.41, 5.74) is 0.500. The van der Waals surface area contributed by atoms with Gasteiger partial charge in [-0.2, -0.15) is 0 Å². The molecule has 6 nitrogen and oxygen atoms in total. The van der Waals surface area contributed by atoms with E-state index in [1.165, 1.54) is 23.1 Å². The Morgan fingerprint density at radius 2 is 2.03 bits per heavy atom. The number of ether oxygens (including phenoxy) is 1. The Hall–Kier alpha value is -2.37. The second-order valence-electron chi connectivity index (χ2n) is 6.37. The lowest BCUT2D eigenvalue weighted by atomic mass is 10.3. The SMILES string of the molecule is CN(C)CCN(C(=O)NCc1cccs1)c1nc2ccc(OC(F)(F)F)cc2s1. The third-order valence-corrected chi connectivity index (χ3v) is 5.74. The zero-order valence-electron chi connectivity index (χ0n) is 15.7. The number of rotatable bonds is 7. The Morgan fingerprint density at radius 3 is 2.69 bits per heavy atom. The first-order valence-corrected chi connectivity index (χ1v) is 10.3. The number of alkyl halides is 3.